The highest BCUT2D eigenvalue weighted by molar-refractivity contribution is 9.10. The van der Waals surface area contributed by atoms with E-state index >= 15 is 0 Å². The Hall–Kier alpha value is -1.27. The van der Waals surface area contributed by atoms with Gasteiger partial charge in [0.1, 0.15) is 5.82 Å². The van der Waals surface area contributed by atoms with Crippen LogP contribution in [-0.4, -0.2) is 15.9 Å². The van der Waals surface area contributed by atoms with Crippen LogP contribution in [0.4, 0.5) is 5.82 Å². The number of aryl methyl sites for hydroxylation is 1. The van der Waals surface area contributed by atoms with Crippen molar-refractivity contribution in [2.24, 2.45) is 0 Å². The molecule has 0 saturated carbocycles. The summed E-state index contributed by atoms with van der Waals surface area (Å²) in [5.74, 6) is 0.277. The van der Waals surface area contributed by atoms with E-state index in [1.807, 2.05) is 13.0 Å². The number of hydrogen-bond acceptors (Lipinski definition) is 3. The van der Waals surface area contributed by atoms with Gasteiger partial charge in [0.2, 0.25) is 0 Å². The quantitative estimate of drug-likeness (QED) is 0.879. The predicted molar refractivity (Wildman–Crippen MR) is 76.6 cm³/mol. The van der Waals surface area contributed by atoms with Crippen LogP contribution in [0.1, 0.15) is 16.1 Å². The van der Waals surface area contributed by atoms with Gasteiger partial charge in [0.15, 0.2) is 0 Å². The number of carbonyl (C=O) groups excluding carboxylic acids is 1. The molecular formula is C12H9Br2N3O. The van der Waals surface area contributed by atoms with E-state index in [0.29, 0.717) is 11.4 Å². The molecule has 0 aromatic carbocycles. The Labute approximate surface area is 121 Å². The highest BCUT2D eigenvalue weighted by Crippen LogP contribution is 2.17. The third kappa shape index (κ3) is 3.14. The highest BCUT2D eigenvalue weighted by atomic mass is 79.9. The SMILES string of the molecule is Cc1nc(NC(=O)c2cncc(Br)c2)ccc1Br. The molecule has 0 aliphatic heterocycles. The van der Waals surface area contributed by atoms with Crippen LogP contribution in [0.25, 0.3) is 0 Å². The van der Waals surface area contributed by atoms with E-state index in [1.54, 1.807) is 18.3 Å². The second-order valence-corrected chi connectivity index (χ2v) is 5.38. The Kier molecular flexibility index (Phi) is 4.08. The smallest absolute Gasteiger partial charge is 0.258 e. The summed E-state index contributed by atoms with van der Waals surface area (Å²) in [5.41, 5.74) is 1.30. The Balaban J connectivity index is 2.18. The van der Waals surface area contributed by atoms with Crippen LogP contribution in [0.2, 0.25) is 0 Å². The molecule has 0 aliphatic rings. The Morgan fingerprint density at radius 1 is 1.28 bits per heavy atom. The summed E-state index contributed by atoms with van der Waals surface area (Å²) in [6, 6.07) is 5.28. The monoisotopic (exact) mass is 369 g/mol. The zero-order valence-electron chi connectivity index (χ0n) is 9.45. The largest absolute Gasteiger partial charge is 0.307 e. The molecule has 0 bridgehead atoms. The number of nitrogens with one attached hydrogen (secondary N) is 1. The molecule has 0 saturated heterocycles. The van der Waals surface area contributed by atoms with Gasteiger partial charge in [0.05, 0.1) is 11.3 Å². The Morgan fingerprint density at radius 3 is 2.72 bits per heavy atom. The van der Waals surface area contributed by atoms with Crippen molar-refractivity contribution in [1.29, 1.82) is 0 Å². The van der Waals surface area contributed by atoms with Gasteiger partial charge in [-0.1, -0.05) is 0 Å². The molecule has 6 heteroatoms. The first-order valence-corrected chi connectivity index (χ1v) is 6.70. The van der Waals surface area contributed by atoms with Crippen molar-refractivity contribution < 1.29 is 4.79 Å². The fraction of sp³-hybridized carbons (Fsp3) is 0.0833. The second-order valence-electron chi connectivity index (χ2n) is 3.61. The minimum atomic E-state index is -0.238. The van der Waals surface area contributed by atoms with Crippen LogP contribution in [0.5, 0.6) is 0 Å². The van der Waals surface area contributed by atoms with Crippen molar-refractivity contribution in [1.82, 2.24) is 9.97 Å². The van der Waals surface area contributed by atoms with Crippen LogP contribution in [-0.2, 0) is 0 Å². The van der Waals surface area contributed by atoms with Crippen LogP contribution in [0.3, 0.4) is 0 Å². The van der Waals surface area contributed by atoms with Gasteiger partial charge < -0.3 is 5.32 Å². The van der Waals surface area contributed by atoms with E-state index in [0.717, 1.165) is 14.6 Å². The molecule has 0 unspecified atom stereocenters. The van der Waals surface area contributed by atoms with Gasteiger partial charge in [-0.05, 0) is 57.0 Å². The van der Waals surface area contributed by atoms with Crippen molar-refractivity contribution in [3.63, 3.8) is 0 Å². The van der Waals surface area contributed by atoms with E-state index in [9.17, 15) is 4.79 Å². The second kappa shape index (κ2) is 5.58. The molecule has 0 fully saturated rings. The summed E-state index contributed by atoms with van der Waals surface area (Å²) in [5, 5.41) is 2.72. The number of carbonyl (C=O) groups is 1. The van der Waals surface area contributed by atoms with E-state index in [-0.39, 0.29) is 5.91 Å². The first kappa shape index (κ1) is 13.2. The topological polar surface area (TPSA) is 54.9 Å². The van der Waals surface area contributed by atoms with Crippen LogP contribution in [0.15, 0.2) is 39.5 Å². The van der Waals surface area contributed by atoms with Crippen molar-refractivity contribution in [3.8, 4) is 0 Å². The third-order valence-corrected chi connectivity index (χ3v) is 3.50. The fourth-order valence-corrected chi connectivity index (χ4v) is 1.92. The summed E-state index contributed by atoms with van der Waals surface area (Å²) in [7, 11) is 0. The van der Waals surface area contributed by atoms with Crippen LogP contribution < -0.4 is 5.32 Å². The molecule has 2 heterocycles. The molecule has 0 aliphatic carbocycles. The van der Waals surface area contributed by atoms with Gasteiger partial charge in [0, 0.05) is 21.3 Å². The molecular weight excluding hydrogens is 362 g/mol. The maximum atomic E-state index is 11.9. The lowest BCUT2D eigenvalue weighted by molar-refractivity contribution is 0.102. The first-order chi connectivity index (χ1) is 8.56. The van der Waals surface area contributed by atoms with Gasteiger partial charge in [-0.3, -0.25) is 9.78 Å². The Bertz CT molecular complexity index is 602. The summed E-state index contributed by atoms with van der Waals surface area (Å²) < 4.78 is 1.67. The molecule has 2 aromatic rings. The third-order valence-electron chi connectivity index (χ3n) is 2.23. The van der Waals surface area contributed by atoms with Crippen LogP contribution >= 0.6 is 31.9 Å². The molecule has 92 valence electrons. The zero-order valence-corrected chi connectivity index (χ0v) is 12.6. The number of amides is 1. The van der Waals surface area contributed by atoms with Crippen molar-refractivity contribution in [2.45, 2.75) is 6.92 Å². The summed E-state index contributed by atoms with van der Waals surface area (Å²) in [6.07, 6.45) is 3.13. The number of rotatable bonds is 2. The summed E-state index contributed by atoms with van der Waals surface area (Å²) >= 11 is 6.63. The minimum absolute atomic E-state index is 0.238. The molecule has 1 amide bonds. The molecule has 4 nitrogen and oxygen atoms in total. The minimum Gasteiger partial charge on any atom is -0.307 e. The van der Waals surface area contributed by atoms with Gasteiger partial charge in [-0.15, -0.1) is 0 Å². The lowest BCUT2D eigenvalue weighted by Gasteiger charge is -2.06. The number of nitrogens with zero attached hydrogens (tertiary/aromatic N) is 2. The number of pyridine rings is 2. The number of aromatic nitrogens is 2. The van der Waals surface area contributed by atoms with Gasteiger partial charge >= 0.3 is 0 Å². The molecule has 0 spiro atoms. The van der Waals surface area contributed by atoms with Crippen molar-refractivity contribution in [2.75, 3.05) is 5.32 Å². The van der Waals surface area contributed by atoms with E-state index in [2.05, 4.69) is 47.1 Å². The zero-order chi connectivity index (χ0) is 13.1. The fourth-order valence-electron chi connectivity index (χ4n) is 1.34. The maximum Gasteiger partial charge on any atom is 0.258 e. The lowest BCUT2D eigenvalue weighted by Crippen LogP contribution is -2.13. The standard InChI is InChI=1S/C12H9Br2N3O/c1-7-10(14)2-3-11(16-7)17-12(18)8-4-9(13)6-15-5-8/h2-6H,1H3,(H,16,17,18). The molecule has 2 aromatic heterocycles. The molecule has 18 heavy (non-hydrogen) atoms. The van der Waals surface area contributed by atoms with Crippen molar-refractivity contribution >= 4 is 43.6 Å². The predicted octanol–water partition coefficient (Wildman–Crippen LogP) is 3.56. The van der Waals surface area contributed by atoms with Gasteiger partial charge in [-0.2, -0.15) is 0 Å². The Morgan fingerprint density at radius 2 is 2.06 bits per heavy atom. The van der Waals surface area contributed by atoms with Gasteiger partial charge in [0.25, 0.3) is 5.91 Å². The molecule has 1 N–H and O–H groups in total. The van der Waals surface area contributed by atoms with E-state index < -0.39 is 0 Å². The summed E-state index contributed by atoms with van der Waals surface area (Å²) in [6.45, 7) is 1.86. The highest BCUT2D eigenvalue weighted by Gasteiger charge is 2.08. The first-order valence-electron chi connectivity index (χ1n) is 5.11. The molecule has 0 radical (unpaired) electrons. The average molecular weight is 371 g/mol. The van der Waals surface area contributed by atoms with E-state index in [4.69, 9.17) is 0 Å². The van der Waals surface area contributed by atoms with Crippen LogP contribution in [0, 0.1) is 6.92 Å². The lowest BCUT2D eigenvalue weighted by atomic mass is 10.2. The number of hydrogen-bond donors (Lipinski definition) is 1. The summed E-state index contributed by atoms with van der Waals surface area (Å²) in [4.78, 5) is 20.1. The normalized spacial score (nSPS) is 10.2. The molecule has 2 rings (SSSR count). The number of anilines is 1. The van der Waals surface area contributed by atoms with Crippen molar-refractivity contribution in [3.05, 3.63) is 50.8 Å². The number of halogens is 2. The molecule has 0 atom stereocenters. The van der Waals surface area contributed by atoms with E-state index in [1.165, 1.54) is 6.20 Å². The van der Waals surface area contributed by atoms with Gasteiger partial charge in [-0.25, -0.2) is 4.98 Å². The average Bonchev–Trinajstić information content (AvgIpc) is 2.34. The maximum absolute atomic E-state index is 11.9.